The van der Waals surface area contributed by atoms with Crippen LogP contribution in [0.5, 0.6) is 11.8 Å². The van der Waals surface area contributed by atoms with Crippen LogP contribution in [-0.4, -0.2) is 28.0 Å². The Hall–Kier alpha value is -1.64. The molecule has 110 valence electrons. The number of benzene rings is 1. The van der Waals surface area contributed by atoms with Crippen molar-refractivity contribution in [3.8, 4) is 11.8 Å². The smallest absolute Gasteiger partial charge is 0.328 e. The molecule has 1 aliphatic heterocycles. The van der Waals surface area contributed by atoms with Gasteiger partial charge in [-0.05, 0) is 54.0 Å². The summed E-state index contributed by atoms with van der Waals surface area (Å²) < 4.78 is 6.74. The molecule has 2 aromatic rings. The van der Waals surface area contributed by atoms with Gasteiger partial charge in [-0.25, -0.2) is 0 Å². The normalized spacial score (nSPS) is 15.0. The van der Waals surface area contributed by atoms with Gasteiger partial charge < -0.3 is 15.4 Å². The van der Waals surface area contributed by atoms with Crippen LogP contribution in [0.2, 0.25) is 0 Å². The molecular weight excluding hydrogens is 381 g/mol. The maximum atomic E-state index is 5.79. The van der Waals surface area contributed by atoms with Crippen LogP contribution in [0.3, 0.4) is 0 Å². The van der Waals surface area contributed by atoms with Crippen molar-refractivity contribution in [1.82, 2.24) is 15.0 Å². The summed E-state index contributed by atoms with van der Waals surface area (Å²) in [5.41, 5.74) is 5.79. The van der Waals surface area contributed by atoms with Crippen LogP contribution >= 0.6 is 22.6 Å². The summed E-state index contributed by atoms with van der Waals surface area (Å²) in [6, 6.07) is 7.95. The van der Waals surface area contributed by atoms with E-state index in [9.17, 15) is 0 Å². The van der Waals surface area contributed by atoms with Crippen molar-refractivity contribution in [1.29, 1.82) is 0 Å². The van der Waals surface area contributed by atoms with E-state index in [4.69, 9.17) is 10.5 Å². The summed E-state index contributed by atoms with van der Waals surface area (Å²) >= 11 is 2.21. The number of anilines is 2. The fourth-order valence-corrected chi connectivity index (χ4v) is 2.77. The zero-order chi connectivity index (χ0) is 14.7. The number of rotatable bonds is 3. The van der Waals surface area contributed by atoms with Crippen molar-refractivity contribution in [2.24, 2.45) is 0 Å². The van der Waals surface area contributed by atoms with Gasteiger partial charge in [-0.15, -0.1) is 0 Å². The highest BCUT2D eigenvalue weighted by Gasteiger charge is 2.16. The van der Waals surface area contributed by atoms with Crippen molar-refractivity contribution >= 4 is 34.5 Å². The average molecular weight is 397 g/mol. The molecule has 3 rings (SSSR count). The first-order chi connectivity index (χ1) is 10.2. The molecule has 0 amide bonds. The van der Waals surface area contributed by atoms with Gasteiger partial charge in [0, 0.05) is 13.1 Å². The third-order valence-electron chi connectivity index (χ3n) is 3.30. The number of aromatic nitrogens is 3. The molecule has 1 aromatic heterocycles. The van der Waals surface area contributed by atoms with Crippen molar-refractivity contribution in [3.63, 3.8) is 0 Å². The molecule has 2 heterocycles. The molecule has 1 saturated heterocycles. The zero-order valence-electron chi connectivity index (χ0n) is 11.5. The SMILES string of the molecule is Nc1nc(Oc2ccccc2I)nc(N2CCCCC2)n1. The van der Waals surface area contributed by atoms with E-state index >= 15 is 0 Å². The molecule has 0 radical (unpaired) electrons. The molecular formula is C14H16IN5O. The van der Waals surface area contributed by atoms with Gasteiger partial charge in [0.2, 0.25) is 11.9 Å². The molecule has 0 spiro atoms. The quantitative estimate of drug-likeness (QED) is 0.803. The number of ether oxygens (including phenoxy) is 1. The minimum atomic E-state index is 0.187. The highest BCUT2D eigenvalue weighted by Crippen LogP contribution is 2.26. The van der Waals surface area contributed by atoms with E-state index in [2.05, 4.69) is 42.4 Å². The van der Waals surface area contributed by atoms with E-state index in [0.717, 1.165) is 29.5 Å². The third-order valence-corrected chi connectivity index (χ3v) is 4.19. The van der Waals surface area contributed by atoms with E-state index < -0.39 is 0 Å². The monoisotopic (exact) mass is 397 g/mol. The number of para-hydroxylation sites is 1. The predicted octanol–water partition coefficient (Wildman–Crippen LogP) is 2.84. The van der Waals surface area contributed by atoms with E-state index in [-0.39, 0.29) is 12.0 Å². The Kier molecular flexibility index (Phi) is 4.37. The minimum Gasteiger partial charge on any atom is -0.423 e. The standard InChI is InChI=1S/C14H16IN5O/c15-10-6-2-3-7-11(10)21-14-18-12(16)17-13(19-14)20-8-4-1-5-9-20/h2-3,6-7H,1,4-5,8-9H2,(H2,16,17,18,19). The summed E-state index contributed by atoms with van der Waals surface area (Å²) in [6.45, 7) is 1.90. The molecule has 1 aliphatic rings. The third kappa shape index (κ3) is 3.52. The molecule has 0 atom stereocenters. The first-order valence-corrected chi connectivity index (χ1v) is 7.99. The molecule has 1 aromatic carbocycles. The summed E-state index contributed by atoms with van der Waals surface area (Å²) in [5, 5.41) is 0. The summed E-state index contributed by atoms with van der Waals surface area (Å²) in [7, 11) is 0. The number of halogens is 1. The topological polar surface area (TPSA) is 77.2 Å². The maximum absolute atomic E-state index is 5.79. The first-order valence-electron chi connectivity index (χ1n) is 6.91. The van der Waals surface area contributed by atoms with E-state index in [1.54, 1.807) is 0 Å². The molecule has 0 aliphatic carbocycles. The molecule has 21 heavy (non-hydrogen) atoms. The van der Waals surface area contributed by atoms with Crippen molar-refractivity contribution < 1.29 is 4.74 Å². The molecule has 0 saturated carbocycles. The van der Waals surface area contributed by atoms with E-state index in [0.29, 0.717) is 11.7 Å². The lowest BCUT2D eigenvalue weighted by molar-refractivity contribution is 0.436. The van der Waals surface area contributed by atoms with Crippen molar-refractivity contribution in [3.05, 3.63) is 27.8 Å². The lowest BCUT2D eigenvalue weighted by Crippen LogP contribution is -2.31. The molecule has 0 unspecified atom stereocenters. The van der Waals surface area contributed by atoms with E-state index in [1.807, 2.05) is 24.3 Å². The second kappa shape index (κ2) is 6.42. The Morgan fingerprint density at radius 1 is 1.05 bits per heavy atom. The number of nitrogens with zero attached hydrogens (tertiary/aromatic N) is 4. The van der Waals surface area contributed by atoms with Gasteiger partial charge in [0.1, 0.15) is 5.75 Å². The minimum absolute atomic E-state index is 0.187. The van der Waals surface area contributed by atoms with Crippen LogP contribution in [0, 0.1) is 3.57 Å². The highest BCUT2D eigenvalue weighted by atomic mass is 127. The van der Waals surface area contributed by atoms with Gasteiger partial charge in [0.15, 0.2) is 0 Å². The second-order valence-corrected chi connectivity index (χ2v) is 6.02. The Bertz CT molecular complexity index is 631. The summed E-state index contributed by atoms with van der Waals surface area (Å²) in [6.07, 6.45) is 3.55. The Balaban J connectivity index is 1.85. The Morgan fingerprint density at radius 3 is 2.57 bits per heavy atom. The number of piperidine rings is 1. The van der Waals surface area contributed by atoms with Crippen LogP contribution in [0.4, 0.5) is 11.9 Å². The maximum Gasteiger partial charge on any atom is 0.328 e. The highest BCUT2D eigenvalue weighted by molar-refractivity contribution is 14.1. The number of hydrogen-bond donors (Lipinski definition) is 1. The average Bonchev–Trinajstić information content (AvgIpc) is 2.50. The van der Waals surface area contributed by atoms with Gasteiger partial charge in [-0.1, -0.05) is 12.1 Å². The second-order valence-electron chi connectivity index (χ2n) is 4.86. The van der Waals surface area contributed by atoms with Crippen molar-refractivity contribution in [2.75, 3.05) is 23.7 Å². The van der Waals surface area contributed by atoms with Crippen LogP contribution in [-0.2, 0) is 0 Å². The van der Waals surface area contributed by atoms with Crippen LogP contribution in [0.25, 0.3) is 0 Å². The largest absolute Gasteiger partial charge is 0.423 e. The van der Waals surface area contributed by atoms with Crippen LogP contribution in [0.15, 0.2) is 24.3 Å². The molecule has 2 N–H and O–H groups in total. The van der Waals surface area contributed by atoms with Crippen molar-refractivity contribution in [2.45, 2.75) is 19.3 Å². The first kappa shape index (κ1) is 14.3. The predicted molar refractivity (Wildman–Crippen MR) is 89.5 cm³/mol. The van der Waals surface area contributed by atoms with Gasteiger partial charge in [0.05, 0.1) is 3.57 Å². The van der Waals surface area contributed by atoms with Crippen LogP contribution < -0.4 is 15.4 Å². The van der Waals surface area contributed by atoms with Gasteiger partial charge in [0.25, 0.3) is 0 Å². The van der Waals surface area contributed by atoms with Gasteiger partial charge in [-0.2, -0.15) is 15.0 Å². The molecule has 7 heteroatoms. The van der Waals surface area contributed by atoms with E-state index in [1.165, 1.54) is 6.42 Å². The molecule has 6 nitrogen and oxygen atoms in total. The number of hydrogen-bond acceptors (Lipinski definition) is 6. The summed E-state index contributed by atoms with van der Waals surface area (Å²) in [4.78, 5) is 14.8. The van der Waals surface area contributed by atoms with Gasteiger partial charge >= 0.3 is 6.01 Å². The zero-order valence-corrected chi connectivity index (χ0v) is 13.7. The van der Waals surface area contributed by atoms with Crippen LogP contribution in [0.1, 0.15) is 19.3 Å². The molecule has 0 bridgehead atoms. The molecule has 1 fully saturated rings. The summed E-state index contributed by atoms with van der Waals surface area (Å²) in [5.74, 6) is 1.50. The number of nitrogens with two attached hydrogens (primary N) is 1. The lowest BCUT2D eigenvalue weighted by Gasteiger charge is -2.26. The Morgan fingerprint density at radius 2 is 1.81 bits per heavy atom. The lowest BCUT2D eigenvalue weighted by atomic mass is 10.1. The fraction of sp³-hybridized carbons (Fsp3) is 0.357. The number of nitrogen functional groups attached to an aromatic ring is 1. The fourth-order valence-electron chi connectivity index (χ4n) is 2.27. The Labute approximate surface area is 136 Å². The van der Waals surface area contributed by atoms with Gasteiger partial charge in [-0.3, -0.25) is 0 Å².